The Hall–Kier alpha value is -1.32. The molecule has 0 bridgehead atoms. The van der Waals surface area contributed by atoms with E-state index in [0.29, 0.717) is 0 Å². The van der Waals surface area contributed by atoms with Crippen molar-refractivity contribution in [3.05, 3.63) is 10.4 Å². The topological polar surface area (TPSA) is 111 Å². The number of ether oxygens (including phenoxy) is 2. The fourth-order valence-corrected chi connectivity index (χ4v) is 1.56. The zero-order valence-electron chi connectivity index (χ0n) is 9.36. The molecule has 0 aromatic heterocycles. The van der Waals surface area contributed by atoms with Crippen molar-refractivity contribution in [2.45, 2.75) is 50.9 Å². The van der Waals surface area contributed by atoms with E-state index in [9.17, 15) is 5.11 Å². The second-order valence-electron chi connectivity index (χ2n) is 4.09. The van der Waals surface area contributed by atoms with Gasteiger partial charge in [-0.25, -0.2) is 0 Å². The van der Waals surface area contributed by atoms with Gasteiger partial charge in [0.05, 0.1) is 18.2 Å². The largest absolute Gasteiger partial charge is 0.390 e. The van der Waals surface area contributed by atoms with Gasteiger partial charge in [0.2, 0.25) is 0 Å². The molecular weight excluding hydrogens is 212 g/mol. The molecule has 1 heterocycles. The molecule has 1 rings (SSSR count). The van der Waals surface area contributed by atoms with Crippen molar-refractivity contribution in [3.63, 3.8) is 0 Å². The van der Waals surface area contributed by atoms with Crippen LogP contribution in [0.25, 0.3) is 10.4 Å². The molecule has 0 amide bonds. The molecule has 16 heavy (non-hydrogen) atoms. The maximum absolute atomic E-state index is 9.86. The van der Waals surface area contributed by atoms with Gasteiger partial charge >= 0.3 is 0 Å². The van der Waals surface area contributed by atoms with Crippen LogP contribution in [0, 0.1) is 11.3 Å². The van der Waals surface area contributed by atoms with E-state index < -0.39 is 30.1 Å². The Morgan fingerprint density at radius 2 is 2.19 bits per heavy atom. The summed E-state index contributed by atoms with van der Waals surface area (Å²) in [7, 11) is 0. The molecule has 1 aliphatic heterocycles. The zero-order valence-corrected chi connectivity index (χ0v) is 9.36. The molecule has 0 aromatic rings. The zero-order chi connectivity index (χ0) is 12.3. The lowest BCUT2D eigenvalue weighted by Crippen LogP contribution is -2.40. The molecule has 1 aliphatic rings. The lowest BCUT2D eigenvalue weighted by atomic mass is 10.0. The summed E-state index contributed by atoms with van der Waals surface area (Å²) in [6.07, 6.45) is -2.73. The molecule has 0 radical (unpaired) electrons. The van der Waals surface area contributed by atoms with Gasteiger partial charge in [0.25, 0.3) is 0 Å². The molecule has 0 spiro atoms. The average molecular weight is 226 g/mol. The predicted octanol–water partition coefficient (Wildman–Crippen LogP) is 1.09. The van der Waals surface area contributed by atoms with Crippen molar-refractivity contribution >= 4 is 0 Å². The third-order valence-electron chi connectivity index (χ3n) is 2.32. The summed E-state index contributed by atoms with van der Waals surface area (Å²) in [4.78, 5) is 2.60. The van der Waals surface area contributed by atoms with Crippen LogP contribution in [0.1, 0.15) is 20.8 Å². The summed E-state index contributed by atoms with van der Waals surface area (Å²) in [5, 5.41) is 22.1. The lowest BCUT2D eigenvalue weighted by Gasteiger charge is -2.22. The van der Waals surface area contributed by atoms with Gasteiger partial charge in [0.1, 0.15) is 6.10 Å². The second-order valence-corrected chi connectivity index (χ2v) is 4.09. The second kappa shape index (κ2) is 4.68. The Morgan fingerprint density at radius 3 is 2.69 bits per heavy atom. The van der Waals surface area contributed by atoms with Crippen molar-refractivity contribution < 1.29 is 14.6 Å². The van der Waals surface area contributed by atoms with Crippen molar-refractivity contribution in [2.75, 3.05) is 0 Å². The van der Waals surface area contributed by atoms with Gasteiger partial charge < -0.3 is 14.6 Å². The number of nitriles is 1. The van der Waals surface area contributed by atoms with Crippen LogP contribution in [-0.2, 0) is 9.47 Å². The molecule has 1 saturated heterocycles. The van der Waals surface area contributed by atoms with Gasteiger partial charge in [-0.15, -0.1) is 0 Å². The number of nitrogens with zero attached hydrogens (tertiary/aromatic N) is 4. The summed E-state index contributed by atoms with van der Waals surface area (Å²) in [6.45, 7) is 4.86. The van der Waals surface area contributed by atoms with E-state index in [1.54, 1.807) is 20.8 Å². The highest BCUT2D eigenvalue weighted by Gasteiger charge is 2.46. The van der Waals surface area contributed by atoms with Crippen LogP contribution in [-0.4, -0.2) is 35.2 Å². The molecule has 0 aliphatic carbocycles. The number of aliphatic hydroxyl groups is 1. The van der Waals surface area contributed by atoms with Crippen molar-refractivity contribution in [3.8, 4) is 6.07 Å². The Morgan fingerprint density at radius 1 is 1.56 bits per heavy atom. The van der Waals surface area contributed by atoms with E-state index in [1.165, 1.54) is 0 Å². The Kier molecular flexibility index (Phi) is 3.73. The summed E-state index contributed by atoms with van der Waals surface area (Å²) in [5.41, 5.74) is 8.26. The molecule has 7 heteroatoms. The van der Waals surface area contributed by atoms with Crippen molar-refractivity contribution in [1.29, 1.82) is 5.26 Å². The van der Waals surface area contributed by atoms with E-state index in [1.807, 2.05) is 6.07 Å². The van der Waals surface area contributed by atoms with Crippen LogP contribution in [0.4, 0.5) is 0 Å². The maximum atomic E-state index is 9.86. The number of rotatable bonds is 3. The van der Waals surface area contributed by atoms with Crippen molar-refractivity contribution in [2.24, 2.45) is 5.11 Å². The predicted molar refractivity (Wildman–Crippen MR) is 54.1 cm³/mol. The molecule has 0 aromatic carbocycles. The molecule has 88 valence electrons. The van der Waals surface area contributed by atoms with Crippen LogP contribution >= 0.6 is 0 Å². The molecule has 7 nitrogen and oxygen atoms in total. The summed E-state index contributed by atoms with van der Waals surface area (Å²) >= 11 is 0. The van der Waals surface area contributed by atoms with E-state index in [2.05, 4.69) is 10.0 Å². The third-order valence-corrected chi connectivity index (χ3v) is 2.32. The van der Waals surface area contributed by atoms with Gasteiger partial charge in [-0.1, -0.05) is 12.0 Å². The fourth-order valence-electron chi connectivity index (χ4n) is 1.56. The molecule has 1 fully saturated rings. The summed E-state index contributed by atoms with van der Waals surface area (Å²) in [5.74, 6) is -0.915. The highest BCUT2D eigenvalue weighted by molar-refractivity contribution is 5.01. The quantitative estimate of drug-likeness (QED) is 0.441. The first-order valence-corrected chi connectivity index (χ1v) is 4.89. The van der Waals surface area contributed by atoms with Gasteiger partial charge in [-0.05, 0) is 19.4 Å². The first-order chi connectivity index (χ1) is 7.41. The SMILES string of the molecule is C[C@@H](N=[N+]=[N-])[C@@H](O)[C@@H]1OC(C)(C)O[C@@H]1C#N. The molecule has 1 N–H and O–H groups in total. The van der Waals surface area contributed by atoms with Gasteiger partial charge in [-0.3, -0.25) is 0 Å². The van der Waals surface area contributed by atoms with E-state index in [-0.39, 0.29) is 0 Å². The number of aliphatic hydroxyl groups excluding tert-OH is 1. The third kappa shape index (κ3) is 2.62. The monoisotopic (exact) mass is 226 g/mol. The Bertz CT molecular complexity index is 345. The molecule has 0 saturated carbocycles. The smallest absolute Gasteiger partial charge is 0.176 e. The highest BCUT2D eigenvalue weighted by Crippen LogP contribution is 2.30. The minimum absolute atomic E-state index is 0.677. The Balaban J connectivity index is 2.80. The van der Waals surface area contributed by atoms with E-state index in [4.69, 9.17) is 20.3 Å². The minimum atomic E-state index is -1.07. The summed E-state index contributed by atoms with van der Waals surface area (Å²) in [6, 6.07) is 1.23. The average Bonchev–Trinajstić information content (AvgIpc) is 2.53. The number of hydrogen-bond acceptors (Lipinski definition) is 5. The van der Waals surface area contributed by atoms with E-state index >= 15 is 0 Å². The molecule has 0 unspecified atom stereocenters. The normalized spacial score (nSPS) is 31.2. The highest BCUT2D eigenvalue weighted by atomic mass is 16.8. The lowest BCUT2D eigenvalue weighted by molar-refractivity contribution is -0.154. The van der Waals surface area contributed by atoms with Crippen LogP contribution in [0.3, 0.4) is 0 Å². The molecule has 4 atom stereocenters. The number of azide groups is 1. The van der Waals surface area contributed by atoms with E-state index in [0.717, 1.165) is 0 Å². The van der Waals surface area contributed by atoms with Crippen LogP contribution in [0.15, 0.2) is 5.11 Å². The van der Waals surface area contributed by atoms with Crippen LogP contribution in [0.5, 0.6) is 0 Å². The van der Waals surface area contributed by atoms with Crippen LogP contribution < -0.4 is 0 Å². The fraction of sp³-hybridized carbons (Fsp3) is 0.889. The first-order valence-electron chi connectivity index (χ1n) is 4.89. The first kappa shape index (κ1) is 12.7. The van der Waals surface area contributed by atoms with Gasteiger partial charge in [-0.2, -0.15) is 5.26 Å². The summed E-state index contributed by atoms with van der Waals surface area (Å²) < 4.78 is 10.7. The standard InChI is InChI=1S/C9H14N4O3/c1-5(12-13-11)7(14)8-6(4-10)15-9(2,3)16-8/h5-8,14H,1-3H3/t5-,6-,7-,8-/m1/s1. The minimum Gasteiger partial charge on any atom is -0.390 e. The Labute approximate surface area is 93.2 Å². The van der Waals surface area contributed by atoms with Crippen LogP contribution in [0.2, 0.25) is 0 Å². The maximum Gasteiger partial charge on any atom is 0.176 e. The van der Waals surface area contributed by atoms with Gasteiger partial charge in [0.15, 0.2) is 11.9 Å². The molecular formula is C9H14N4O3. The number of hydrogen-bond donors (Lipinski definition) is 1. The van der Waals surface area contributed by atoms with Crippen molar-refractivity contribution in [1.82, 2.24) is 0 Å². The van der Waals surface area contributed by atoms with Gasteiger partial charge in [0, 0.05) is 4.91 Å².